The molecule has 0 amide bonds. The van der Waals surface area contributed by atoms with E-state index in [4.69, 9.17) is 4.52 Å². The predicted molar refractivity (Wildman–Crippen MR) is 85.0 cm³/mol. The van der Waals surface area contributed by atoms with E-state index in [9.17, 15) is 8.42 Å². The van der Waals surface area contributed by atoms with Gasteiger partial charge in [-0.2, -0.15) is 0 Å². The second-order valence-corrected chi connectivity index (χ2v) is 6.34. The lowest BCUT2D eigenvalue weighted by molar-refractivity contribution is 0.448. The molecule has 0 aliphatic rings. The van der Waals surface area contributed by atoms with E-state index in [0.29, 0.717) is 24.4 Å². The number of hydrogen-bond acceptors (Lipinski definition) is 5. The summed E-state index contributed by atoms with van der Waals surface area (Å²) in [5.74, 6) is -0.169. The van der Waals surface area contributed by atoms with Crippen molar-refractivity contribution in [1.29, 1.82) is 0 Å². The summed E-state index contributed by atoms with van der Waals surface area (Å²) in [4.78, 5) is 0. The molecule has 0 atom stereocenters. The molecule has 0 aliphatic heterocycles. The minimum Gasteiger partial charge on any atom is -0.356 e. The Kier molecular flexibility index (Phi) is 7.10. The van der Waals surface area contributed by atoms with E-state index in [1.807, 2.05) is 12.1 Å². The maximum Gasteiger partial charge on any atom is 0.217 e. The Balaban J connectivity index is 0.00000220. The van der Waals surface area contributed by atoms with Gasteiger partial charge in [-0.25, -0.2) is 13.1 Å². The molecule has 1 heterocycles. The summed E-state index contributed by atoms with van der Waals surface area (Å²) in [5.41, 5.74) is 1.04. The highest BCUT2D eigenvalue weighted by molar-refractivity contribution is 7.88. The summed E-state index contributed by atoms with van der Waals surface area (Å²) >= 11 is 0. The van der Waals surface area contributed by atoms with Crippen LogP contribution in [0.4, 0.5) is 0 Å². The Hall–Kier alpha value is -1.15. The first-order chi connectivity index (χ1) is 9.62. The van der Waals surface area contributed by atoms with Crippen LogP contribution in [-0.4, -0.2) is 33.2 Å². The molecule has 0 aliphatic carbocycles. The van der Waals surface area contributed by atoms with Crippen molar-refractivity contribution >= 4 is 33.4 Å². The van der Waals surface area contributed by atoms with Crippen molar-refractivity contribution < 1.29 is 12.9 Å². The maximum atomic E-state index is 12.0. The van der Waals surface area contributed by atoms with Gasteiger partial charge in [-0.3, -0.25) is 0 Å². The predicted octanol–water partition coefficient (Wildman–Crippen LogP) is 1.67. The van der Waals surface area contributed by atoms with Gasteiger partial charge in [0.1, 0.15) is 11.4 Å². The molecule has 0 spiro atoms. The van der Waals surface area contributed by atoms with Crippen LogP contribution in [0.2, 0.25) is 0 Å². The standard InChI is InChI=1S/C13H19N3O3S.ClH/c1-2-7-14-8-9-15-20(17,18)10-12-11-5-3-4-6-13(11)19-16-12;/h3-6,14-15H,2,7-10H2,1H3;1H. The molecular weight excluding hydrogens is 314 g/mol. The molecule has 8 heteroatoms. The highest BCUT2D eigenvalue weighted by Crippen LogP contribution is 2.19. The molecule has 2 N–H and O–H groups in total. The highest BCUT2D eigenvalue weighted by atomic mass is 35.5. The van der Waals surface area contributed by atoms with Crippen LogP contribution in [-0.2, 0) is 15.8 Å². The van der Waals surface area contributed by atoms with Crippen molar-refractivity contribution in [3.63, 3.8) is 0 Å². The SMILES string of the molecule is CCCNCCNS(=O)(=O)Cc1noc2ccccc12.Cl. The Bertz CT molecular complexity index is 657. The zero-order valence-corrected chi connectivity index (χ0v) is 13.5. The van der Waals surface area contributed by atoms with E-state index in [2.05, 4.69) is 22.1 Å². The Morgan fingerprint density at radius 1 is 1.19 bits per heavy atom. The van der Waals surface area contributed by atoms with Crippen LogP contribution in [0, 0.1) is 0 Å². The largest absolute Gasteiger partial charge is 0.356 e. The first-order valence-corrected chi connectivity index (χ1v) is 8.29. The number of rotatable bonds is 8. The summed E-state index contributed by atoms with van der Waals surface area (Å²) in [6.07, 6.45) is 1.03. The number of benzene rings is 1. The fraction of sp³-hybridized carbons (Fsp3) is 0.462. The van der Waals surface area contributed by atoms with Gasteiger partial charge in [0, 0.05) is 18.5 Å². The topological polar surface area (TPSA) is 84.2 Å². The molecule has 2 rings (SSSR count). The minimum absolute atomic E-state index is 0. The summed E-state index contributed by atoms with van der Waals surface area (Å²) in [6, 6.07) is 7.22. The van der Waals surface area contributed by atoms with Gasteiger partial charge < -0.3 is 9.84 Å². The van der Waals surface area contributed by atoms with E-state index in [0.717, 1.165) is 18.4 Å². The van der Waals surface area contributed by atoms with Crippen molar-refractivity contribution in [1.82, 2.24) is 15.2 Å². The van der Waals surface area contributed by atoms with Gasteiger partial charge in [0.05, 0.1) is 0 Å². The Morgan fingerprint density at radius 3 is 2.71 bits per heavy atom. The first kappa shape index (κ1) is 17.9. The number of nitrogens with one attached hydrogen (secondary N) is 2. The van der Waals surface area contributed by atoms with Crippen molar-refractivity contribution in [3.8, 4) is 0 Å². The lowest BCUT2D eigenvalue weighted by Gasteiger charge is -2.06. The van der Waals surface area contributed by atoms with Crippen LogP contribution < -0.4 is 10.0 Å². The molecule has 1 aromatic heterocycles. The fourth-order valence-corrected chi connectivity index (χ4v) is 2.95. The molecule has 118 valence electrons. The highest BCUT2D eigenvalue weighted by Gasteiger charge is 2.16. The second-order valence-electron chi connectivity index (χ2n) is 4.53. The summed E-state index contributed by atoms with van der Waals surface area (Å²) in [6.45, 7) is 3.94. The third-order valence-electron chi connectivity index (χ3n) is 2.83. The van der Waals surface area contributed by atoms with Gasteiger partial charge in [0.25, 0.3) is 0 Å². The fourth-order valence-electron chi connectivity index (χ4n) is 1.87. The molecule has 0 fully saturated rings. The average molecular weight is 334 g/mol. The van der Waals surface area contributed by atoms with E-state index >= 15 is 0 Å². The molecule has 1 aromatic carbocycles. The van der Waals surface area contributed by atoms with Gasteiger partial charge in [-0.05, 0) is 25.1 Å². The normalized spacial score (nSPS) is 11.5. The number of sulfonamides is 1. The molecule has 0 radical (unpaired) electrons. The van der Waals surface area contributed by atoms with Crippen LogP contribution in [0.1, 0.15) is 19.0 Å². The Morgan fingerprint density at radius 2 is 1.95 bits per heavy atom. The van der Waals surface area contributed by atoms with Crippen molar-refractivity contribution in [2.24, 2.45) is 0 Å². The van der Waals surface area contributed by atoms with E-state index < -0.39 is 10.0 Å². The molecule has 0 saturated carbocycles. The molecular formula is C13H20ClN3O3S. The molecule has 2 aromatic rings. The molecule has 6 nitrogen and oxygen atoms in total. The van der Waals surface area contributed by atoms with Gasteiger partial charge in [0.15, 0.2) is 5.58 Å². The van der Waals surface area contributed by atoms with E-state index in [1.165, 1.54) is 0 Å². The van der Waals surface area contributed by atoms with Crippen LogP contribution in [0.5, 0.6) is 0 Å². The number of fused-ring (bicyclic) bond motifs is 1. The quantitative estimate of drug-likeness (QED) is 0.718. The smallest absolute Gasteiger partial charge is 0.217 e. The molecule has 0 unspecified atom stereocenters. The van der Waals surface area contributed by atoms with Gasteiger partial charge in [0.2, 0.25) is 10.0 Å². The lowest BCUT2D eigenvalue weighted by atomic mass is 10.2. The van der Waals surface area contributed by atoms with Crippen LogP contribution >= 0.6 is 12.4 Å². The third kappa shape index (κ3) is 5.28. The summed E-state index contributed by atoms with van der Waals surface area (Å²) in [5, 5.41) is 7.70. The van der Waals surface area contributed by atoms with Gasteiger partial charge >= 0.3 is 0 Å². The van der Waals surface area contributed by atoms with Gasteiger partial charge in [-0.1, -0.05) is 24.2 Å². The number of hydrogen-bond donors (Lipinski definition) is 2. The zero-order valence-electron chi connectivity index (χ0n) is 11.8. The van der Waals surface area contributed by atoms with E-state index in [1.54, 1.807) is 12.1 Å². The summed E-state index contributed by atoms with van der Waals surface area (Å²) in [7, 11) is -3.40. The Labute approximate surface area is 130 Å². The average Bonchev–Trinajstić information content (AvgIpc) is 2.81. The monoisotopic (exact) mass is 333 g/mol. The third-order valence-corrected chi connectivity index (χ3v) is 4.13. The van der Waals surface area contributed by atoms with Gasteiger partial charge in [-0.15, -0.1) is 12.4 Å². The number of para-hydroxylation sites is 1. The summed E-state index contributed by atoms with van der Waals surface area (Å²) < 4.78 is 31.6. The lowest BCUT2D eigenvalue weighted by Crippen LogP contribution is -2.33. The van der Waals surface area contributed by atoms with Crippen molar-refractivity contribution in [2.45, 2.75) is 19.1 Å². The minimum atomic E-state index is -3.40. The first-order valence-electron chi connectivity index (χ1n) is 6.64. The number of aromatic nitrogens is 1. The van der Waals surface area contributed by atoms with Crippen molar-refractivity contribution in [3.05, 3.63) is 30.0 Å². The second kappa shape index (κ2) is 8.33. The van der Waals surface area contributed by atoms with Crippen LogP contribution in [0.3, 0.4) is 0 Å². The molecule has 21 heavy (non-hydrogen) atoms. The molecule has 0 saturated heterocycles. The molecule has 0 bridgehead atoms. The van der Waals surface area contributed by atoms with Crippen molar-refractivity contribution in [2.75, 3.05) is 19.6 Å². The van der Waals surface area contributed by atoms with E-state index in [-0.39, 0.29) is 18.2 Å². The maximum absolute atomic E-state index is 12.0. The van der Waals surface area contributed by atoms with Crippen LogP contribution in [0.25, 0.3) is 11.0 Å². The zero-order chi connectivity index (χ0) is 14.4. The van der Waals surface area contributed by atoms with Crippen LogP contribution in [0.15, 0.2) is 28.8 Å². The number of nitrogens with zero attached hydrogens (tertiary/aromatic N) is 1. The number of halogens is 1.